The number of halogens is 1. The minimum Gasteiger partial charge on any atom is -0.491 e. The molecule has 1 N–H and O–H groups in total. The summed E-state index contributed by atoms with van der Waals surface area (Å²) in [5.41, 5.74) is 3.54. The molecule has 0 aliphatic heterocycles. The van der Waals surface area contributed by atoms with Gasteiger partial charge in [-0.05, 0) is 59.8 Å². The van der Waals surface area contributed by atoms with Gasteiger partial charge in [-0.25, -0.2) is 9.97 Å². The molecule has 1 aromatic carbocycles. The highest BCUT2D eigenvalue weighted by atomic mass is 79.9. The van der Waals surface area contributed by atoms with Gasteiger partial charge in [0.05, 0.1) is 16.7 Å². The molecule has 0 amide bonds. The van der Waals surface area contributed by atoms with Crippen LogP contribution >= 0.6 is 15.9 Å². The van der Waals surface area contributed by atoms with Gasteiger partial charge < -0.3 is 10.1 Å². The zero-order valence-corrected chi connectivity index (χ0v) is 19.1. The van der Waals surface area contributed by atoms with E-state index in [2.05, 4.69) is 63.3 Å². The van der Waals surface area contributed by atoms with Crippen LogP contribution in [0.1, 0.15) is 68.7 Å². The zero-order valence-electron chi connectivity index (χ0n) is 17.6. The van der Waals surface area contributed by atoms with Crippen LogP contribution in [0.4, 0.5) is 5.82 Å². The lowest BCUT2D eigenvalue weighted by atomic mass is 10.0. The van der Waals surface area contributed by atoms with E-state index < -0.39 is 0 Å². The van der Waals surface area contributed by atoms with Gasteiger partial charge in [-0.15, -0.1) is 0 Å². The van der Waals surface area contributed by atoms with Gasteiger partial charge in [0, 0.05) is 0 Å². The third kappa shape index (κ3) is 7.78. The van der Waals surface area contributed by atoms with Crippen LogP contribution in [0, 0.1) is 13.8 Å². The summed E-state index contributed by atoms with van der Waals surface area (Å²) >= 11 is 3.51. The molecule has 0 fully saturated rings. The molecule has 0 aliphatic carbocycles. The Hall–Kier alpha value is -1.62. The first-order valence-corrected chi connectivity index (χ1v) is 11.3. The van der Waals surface area contributed by atoms with Gasteiger partial charge in [-0.3, -0.25) is 0 Å². The smallest absolute Gasteiger partial charge is 0.144 e. The topological polar surface area (TPSA) is 47.0 Å². The average Bonchev–Trinajstić information content (AvgIpc) is 2.69. The Balaban J connectivity index is 1.68. The van der Waals surface area contributed by atoms with Crippen molar-refractivity contribution in [1.29, 1.82) is 0 Å². The number of hydrogen-bond donors (Lipinski definition) is 1. The molecule has 0 bridgehead atoms. The summed E-state index contributed by atoms with van der Waals surface area (Å²) in [4.78, 5) is 8.39. The van der Waals surface area contributed by atoms with Gasteiger partial charge in [-0.2, -0.15) is 0 Å². The van der Waals surface area contributed by atoms with Gasteiger partial charge in [-0.1, -0.05) is 57.6 Å². The second-order valence-corrected chi connectivity index (χ2v) is 8.16. The molecule has 5 heteroatoms. The highest BCUT2D eigenvalue weighted by molar-refractivity contribution is 9.10. The van der Waals surface area contributed by atoms with Crippen molar-refractivity contribution >= 4 is 21.7 Å². The first-order valence-electron chi connectivity index (χ1n) is 10.5. The normalized spacial score (nSPS) is 10.9. The van der Waals surface area contributed by atoms with E-state index in [1.54, 1.807) is 6.33 Å². The van der Waals surface area contributed by atoms with Crippen LogP contribution in [0.2, 0.25) is 0 Å². The second kappa shape index (κ2) is 12.8. The number of aryl methyl sites for hydroxylation is 3. The number of anilines is 1. The van der Waals surface area contributed by atoms with Crippen molar-refractivity contribution in [2.75, 3.05) is 18.5 Å². The molecule has 2 rings (SSSR count). The quantitative estimate of drug-likeness (QED) is 0.349. The number of ether oxygens (including phenoxy) is 1. The number of unbranched alkanes of at least 4 members (excludes halogenated alkanes) is 6. The Kier molecular flexibility index (Phi) is 10.3. The van der Waals surface area contributed by atoms with Crippen molar-refractivity contribution in [3.05, 3.63) is 45.8 Å². The second-order valence-electron chi connectivity index (χ2n) is 7.37. The van der Waals surface area contributed by atoms with Crippen molar-refractivity contribution < 1.29 is 4.74 Å². The third-order valence-electron chi connectivity index (χ3n) is 4.92. The fourth-order valence-electron chi connectivity index (χ4n) is 3.23. The molecule has 0 aliphatic rings. The maximum Gasteiger partial charge on any atom is 0.144 e. The Morgan fingerprint density at radius 3 is 2.50 bits per heavy atom. The van der Waals surface area contributed by atoms with Crippen LogP contribution in [0.25, 0.3) is 0 Å². The number of rotatable bonds is 13. The molecule has 1 heterocycles. The summed E-state index contributed by atoms with van der Waals surface area (Å²) in [6.07, 6.45) is 12.2. The molecular formula is C23H34BrN3O. The van der Waals surface area contributed by atoms with E-state index in [1.165, 1.54) is 56.1 Å². The van der Waals surface area contributed by atoms with E-state index in [4.69, 9.17) is 4.74 Å². The monoisotopic (exact) mass is 447 g/mol. The maximum absolute atomic E-state index is 5.94. The fourth-order valence-corrected chi connectivity index (χ4v) is 3.57. The molecule has 28 heavy (non-hydrogen) atoms. The summed E-state index contributed by atoms with van der Waals surface area (Å²) in [5, 5.41) is 3.28. The van der Waals surface area contributed by atoms with Crippen LogP contribution in [-0.2, 0) is 6.42 Å². The number of benzene rings is 1. The van der Waals surface area contributed by atoms with E-state index in [-0.39, 0.29) is 0 Å². The van der Waals surface area contributed by atoms with Crippen molar-refractivity contribution in [2.45, 2.75) is 72.1 Å². The Morgan fingerprint density at radius 2 is 1.75 bits per heavy atom. The standard InChI is InChI=1S/C23H34BrN3O/c1-4-5-6-7-8-9-10-11-20-12-13-21(18(2)16-20)28-15-14-25-23-22(24)19(3)26-17-27-23/h12-13,16-17H,4-11,14-15H2,1-3H3,(H,25,26,27). The number of nitrogens with zero attached hydrogens (tertiary/aromatic N) is 2. The van der Waals surface area contributed by atoms with Crippen molar-refractivity contribution in [2.24, 2.45) is 0 Å². The zero-order chi connectivity index (χ0) is 20.2. The van der Waals surface area contributed by atoms with E-state index >= 15 is 0 Å². The van der Waals surface area contributed by atoms with Gasteiger partial charge in [0.25, 0.3) is 0 Å². The maximum atomic E-state index is 5.94. The highest BCUT2D eigenvalue weighted by Gasteiger charge is 2.05. The van der Waals surface area contributed by atoms with E-state index in [9.17, 15) is 0 Å². The van der Waals surface area contributed by atoms with E-state index in [0.717, 1.165) is 28.2 Å². The number of aromatic nitrogens is 2. The third-order valence-corrected chi connectivity index (χ3v) is 5.87. The van der Waals surface area contributed by atoms with E-state index in [0.29, 0.717) is 13.2 Å². The fraction of sp³-hybridized carbons (Fsp3) is 0.565. The molecule has 1 aromatic heterocycles. The van der Waals surface area contributed by atoms with Crippen LogP contribution in [0.5, 0.6) is 5.75 Å². The minimum absolute atomic E-state index is 0.591. The molecule has 0 saturated heterocycles. The van der Waals surface area contributed by atoms with Gasteiger partial charge >= 0.3 is 0 Å². The molecule has 0 unspecified atom stereocenters. The van der Waals surface area contributed by atoms with Crippen molar-refractivity contribution in [3.63, 3.8) is 0 Å². The summed E-state index contributed by atoms with van der Waals surface area (Å²) in [5.74, 6) is 1.76. The lowest BCUT2D eigenvalue weighted by molar-refractivity contribution is 0.330. The van der Waals surface area contributed by atoms with Crippen LogP contribution < -0.4 is 10.1 Å². The van der Waals surface area contributed by atoms with Gasteiger partial charge in [0.15, 0.2) is 0 Å². The minimum atomic E-state index is 0.591. The first-order chi connectivity index (χ1) is 13.6. The highest BCUT2D eigenvalue weighted by Crippen LogP contribution is 2.22. The molecule has 2 aromatic rings. The molecule has 4 nitrogen and oxygen atoms in total. The Labute approximate surface area is 178 Å². The largest absolute Gasteiger partial charge is 0.491 e. The lowest BCUT2D eigenvalue weighted by Crippen LogP contribution is -2.13. The average molecular weight is 448 g/mol. The predicted molar refractivity (Wildman–Crippen MR) is 121 cm³/mol. The molecular weight excluding hydrogens is 414 g/mol. The molecule has 0 saturated carbocycles. The summed E-state index contributed by atoms with van der Waals surface area (Å²) in [6.45, 7) is 7.62. The van der Waals surface area contributed by atoms with Gasteiger partial charge in [0.1, 0.15) is 24.5 Å². The van der Waals surface area contributed by atoms with Crippen molar-refractivity contribution in [1.82, 2.24) is 9.97 Å². The summed E-state index contributed by atoms with van der Waals surface area (Å²) in [7, 11) is 0. The number of hydrogen-bond acceptors (Lipinski definition) is 4. The van der Waals surface area contributed by atoms with Gasteiger partial charge in [0.2, 0.25) is 0 Å². The predicted octanol–water partition coefficient (Wildman–Crippen LogP) is 6.64. The molecule has 0 spiro atoms. The molecule has 154 valence electrons. The van der Waals surface area contributed by atoms with Crippen molar-refractivity contribution in [3.8, 4) is 5.75 Å². The van der Waals surface area contributed by atoms with Crippen LogP contribution in [-0.4, -0.2) is 23.1 Å². The SMILES string of the molecule is CCCCCCCCCc1ccc(OCCNc2ncnc(C)c2Br)c(C)c1. The van der Waals surface area contributed by atoms with E-state index in [1.807, 2.05) is 6.92 Å². The molecule has 0 atom stereocenters. The summed E-state index contributed by atoms with van der Waals surface area (Å²) in [6, 6.07) is 6.58. The molecule has 0 radical (unpaired) electrons. The number of nitrogens with one attached hydrogen (secondary N) is 1. The van der Waals surface area contributed by atoms with Crippen LogP contribution in [0.3, 0.4) is 0 Å². The first kappa shape index (κ1) is 22.7. The van der Waals surface area contributed by atoms with Crippen LogP contribution in [0.15, 0.2) is 29.0 Å². The summed E-state index contributed by atoms with van der Waals surface area (Å²) < 4.78 is 6.85. The lowest BCUT2D eigenvalue weighted by Gasteiger charge is -2.12. The Bertz CT molecular complexity index is 721. The Morgan fingerprint density at radius 1 is 1.00 bits per heavy atom.